The standard InChI is InChI=1S/C12H17N3O3/c16-15(17)11-3-4-12(14-9-11)18-7-5-10-2-1-6-13-8-10/h3-4,9-10,13H,1-2,5-8H2. The molecule has 1 unspecified atom stereocenters. The zero-order chi connectivity index (χ0) is 12.8. The van der Waals surface area contributed by atoms with E-state index in [2.05, 4.69) is 10.3 Å². The third-order valence-electron chi connectivity index (χ3n) is 3.11. The molecule has 1 aliphatic heterocycles. The van der Waals surface area contributed by atoms with Gasteiger partial charge in [0, 0.05) is 12.1 Å². The van der Waals surface area contributed by atoms with Gasteiger partial charge in [-0.2, -0.15) is 0 Å². The molecule has 1 saturated heterocycles. The number of pyridine rings is 1. The molecule has 1 aromatic heterocycles. The summed E-state index contributed by atoms with van der Waals surface area (Å²) < 4.78 is 5.48. The largest absolute Gasteiger partial charge is 0.478 e. The maximum absolute atomic E-state index is 10.5. The van der Waals surface area contributed by atoms with E-state index in [1.54, 1.807) is 0 Å². The fraction of sp³-hybridized carbons (Fsp3) is 0.583. The molecule has 0 saturated carbocycles. The molecule has 0 bridgehead atoms. The van der Waals surface area contributed by atoms with E-state index in [9.17, 15) is 10.1 Å². The lowest BCUT2D eigenvalue weighted by molar-refractivity contribution is -0.385. The number of ether oxygens (including phenoxy) is 1. The topological polar surface area (TPSA) is 77.3 Å². The molecule has 6 heteroatoms. The van der Waals surface area contributed by atoms with E-state index in [-0.39, 0.29) is 5.69 Å². The maximum atomic E-state index is 10.5. The summed E-state index contributed by atoms with van der Waals surface area (Å²) in [5.74, 6) is 1.11. The molecule has 6 nitrogen and oxygen atoms in total. The van der Waals surface area contributed by atoms with Gasteiger partial charge < -0.3 is 10.1 Å². The quantitative estimate of drug-likeness (QED) is 0.637. The third-order valence-corrected chi connectivity index (χ3v) is 3.11. The zero-order valence-electron chi connectivity index (χ0n) is 10.2. The van der Waals surface area contributed by atoms with Crippen molar-refractivity contribution in [2.45, 2.75) is 19.3 Å². The number of rotatable bonds is 5. The lowest BCUT2D eigenvalue weighted by Crippen LogP contribution is -2.30. The number of hydrogen-bond acceptors (Lipinski definition) is 5. The van der Waals surface area contributed by atoms with E-state index >= 15 is 0 Å². The van der Waals surface area contributed by atoms with E-state index in [1.165, 1.54) is 31.2 Å². The summed E-state index contributed by atoms with van der Waals surface area (Å²) in [6.45, 7) is 2.77. The summed E-state index contributed by atoms with van der Waals surface area (Å²) in [5.41, 5.74) is -0.0150. The highest BCUT2D eigenvalue weighted by Crippen LogP contribution is 2.16. The van der Waals surface area contributed by atoms with Crippen LogP contribution in [0.5, 0.6) is 5.88 Å². The van der Waals surface area contributed by atoms with Crippen LogP contribution in [0.2, 0.25) is 0 Å². The van der Waals surface area contributed by atoms with Gasteiger partial charge in [0.2, 0.25) is 5.88 Å². The molecule has 98 valence electrons. The van der Waals surface area contributed by atoms with Crippen molar-refractivity contribution < 1.29 is 9.66 Å². The van der Waals surface area contributed by atoms with Gasteiger partial charge in [-0.15, -0.1) is 0 Å². The second-order valence-corrected chi connectivity index (χ2v) is 4.46. The molecular formula is C12H17N3O3. The van der Waals surface area contributed by atoms with Gasteiger partial charge >= 0.3 is 0 Å². The summed E-state index contributed by atoms with van der Waals surface area (Å²) in [6, 6.07) is 2.95. The van der Waals surface area contributed by atoms with Crippen LogP contribution in [0.1, 0.15) is 19.3 Å². The van der Waals surface area contributed by atoms with Crippen LogP contribution < -0.4 is 10.1 Å². The van der Waals surface area contributed by atoms with Crippen LogP contribution in [0.3, 0.4) is 0 Å². The van der Waals surface area contributed by atoms with Gasteiger partial charge in [-0.1, -0.05) is 0 Å². The first kappa shape index (κ1) is 12.8. The molecule has 1 fully saturated rings. The van der Waals surface area contributed by atoms with E-state index < -0.39 is 4.92 Å². The number of hydrogen-bond donors (Lipinski definition) is 1. The van der Waals surface area contributed by atoms with Crippen molar-refractivity contribution in [2.24, 2.45) is 5.92 Å². The Bertz CT molecular complexity index is 388. The Morgan fingerprint density at radius 3 is 3.06 bits per heavy atom. The molecule has 0 aliphatic carbocycles. The van der Waals surface area contributed by atoms with Gasteiger partial charge in [0.25, 0.3) is 5.69 Å². The summed E-state index contributed by atoms with van der Waals surface area (Å²) in [7, 11) is 0. The Kier molecular flexibility index (Phi) is 4.46. The first-order valence-electron chi connectivity index (χ1n) is 6.19. The monoisotopic (exact) mass is 251 g/mol. The highest BCUT2D eigenvalue weighted by molar-refractivity contribution is 5.28. The molecule has 0 spiro atoms. The highest BCUT2D eigenvalue weighted by Gasteiger charge is 2.13. The van der Waals surface area contributed by atoms with Crippen molar-refractivity contribution in [3.63, 3.8) is 0 Å². The fourth-order valence-corrected chi connectivity index (χ4v) is 2.07. The summed E-state index contributed by atoms with van der Waals surface area (Å²) in [4.78, 5) is 13.9. The Morgan fingerprint density at radius 1 is 1.56 bits per heavy atom. The Hall–Kier alpha value is -1.69. The van der Waals surface area contributed by atoms with Gasteiger partial charge in [0.15, 0.2) is 0 Å². The van der Waals surface area contributed by atoms with Gasteiger partial charge in [-0.3, -0.25) is 10.1 Å². The van der Waals surface area contributed by atoms with Gasteiger partial charge in [0.05, 0.1) is 11.5 Å². The fourth-order valence-electron chi connectivity index (χ4n) is 2.07. The Labute approximate surface area is 106 Å². The molecule has 0 aromatic carbocycles. The van der Waals surface area contributed by atoms with Gasteiger partial charge in [-0.05, 0) is 38.3 Å². The summed E-state index contributed by atoms with van der Waals surface area (Å²) in [6.07, 6.45) is 4.67. The predicted molar refractivity (Wildman–Crippen MR) is 66.6 cm³/mol. The average Bonchev–Trinajstić information content (AvgIpc) is 2.40. The first-order valence-corrected chi connectivity index (χ1v) is 6.19. The molecule has 2 rings (SSSR count). The summed E-state index contributed by atoms with van der Waals surface area (Å²) in [5, 5.41) is 13.8. The number of nitrogens with one attached hydrogen (secondary N) is 1. The van der Waals surface area contributed by atoms with Crippen LogP contribution in [-0.4, -0.2) is 29.6 Å². The van der Waals surface area contributed by atoms with Crippen LogP contribution in [0.25, 0.3) is 0 Å². The third kappa shape index (κ3) is 3.66. The van der Waals surface area contributed by atoms with E-state index in [0.29, 0.717) is 18.4 Å². The molecule has 18 heavy (non-hydrogen) atoms. The van der Waals surface area contributed by atoms with Crippen LogP contribution in [-0.2, 0) is 0 Å². The molecule has 1 N–H and O–H groups in total. The molecule has 0 radical (unpaired) electrons. The van der Waals surface area contributed by atoms with Crippen LogP contribution in [0.4, 0.5) is 5.69 Å². The van der Waals surface area contributed by atoms with Crippen molar-refractivity contribution in [1.29, 1.82) is 0 Å². The smallest absolute Gasteiger partial charge is 0.287 e. The number of aromatic nitrogens is 1. The molecule has 2 heterocycles. The zero-order valence-corrected chi connectivity index (χ0v) is 10.2. The van der Waals surface area contributed by atoms with Crippen molar-refractivity contribution in [3.8, 4) is 5.88 Å². The molecule has 1 aliphatic rings. The van der Waals surface area contributed by atoms with E-state index in [1.807, 2.05) is 0 Å². The molecule has 1 atom stereocenters. The molecule has 0 amide bonds. The summed E-state index contributed by atoms with van der Waals surface area (Å²) >= 11 is 0. The first-order chi connectivity index (χ1) is 8.75. The van der Waals surface area contributed by atoms with Crippen molar-refractivity contribution in [1.82, 2.24) is 10.3 Å². The number of nitrogens with zero attached hydrogens (tertiary/aromatic N) is 2. The highest BCUT2D eigenvalue weighted by atomic mass is 16.6. The SMILES string of the molecule is O=[N+]([O-])c1ccc(OCCC2CCCNC2)nc1. The van der Waals surface area contributed by atoms with Crippen molar-refractivity contribution >= 4 is 5.69 Å². The lowest BCUT2D eigenvalue weighted by atomic mass is 9.97. The van der Waals surface area contributed by atoms with Crippen LogP contribution >= 0.6 is 0 Å². The van der Waals surface area contributed by atoms with Gasteiger partial charge in [0.1, 0.15) is 6.20 Å². The second kappa shape index (κ2) is 6.30. The Balaban J connectivity index is 1.74. The van der Waals surface area contributed by atoms with Crippen LogP contribution in [0, 0.1) is 16.0 Å². The van der Waals surface area contributed by atoms with Crippen LogP contribution in [0.15, 0.2) is 18.3 Å². The Morgan fingerprint density at radius 2 is 2.44 bits per heavy atom. The minimum Gasteiger partial charge on any atom is -0.478 e. The number of piperidine rings is 1. The number of nitro groups is 1. The maximum Gasteiger partial charge on any atom is 0.287 e. The average molecular weight is 251 g/mol. The lowest BCUT2D eigenvalue weighted by Gasteiger charge is -2.22. The minimum atomic E-state index is -0.468. The molecule has 1 aromatic rings. The predicted octanol–water partition coefficient (Wildman–Crippen LogP) is 1.76. The molecular weight excluding hydrogens is 234 g/mol. The van der Waals surface area contributed by atoms with E-state index in [4.69, 9.17) is 4.74 Å². The van der Waals surface area contributed by atoms with Crippen molar-refractivity contribution in [3.05, 3.63) is 28.4 Å². The van der Waals surface area contributed by atoms with Gasteiger partial charge in [-0.25, -0.2) is 4.98 Å². The normalized spacial score (nSPS) is 19.4. The van der Waals surface area contributed by atoms with Crippen molar-refractivity contribution in [2.75, 3.05) is 19.7 Å². The minimum absolute atomic E-state index is 0.0150. The van der Waals surface area contributed by atoms with E-state index in [0.717, 1.165) is 19.5 Å². The second-order valence-electron chi connectivity index (χ2n) is 4.46.